The zero-order valence-corrected chi connectivity index (χ0v) is 13.5. The highest BCUT2D eigenvalue weighted by Crippen LogP contribution is 2.26. The minimum Gasteiger partial charge on any atom is -0.489 e. The highest BCUT2D eigenvalue weighted by molar-refractivity contribution is 7.98. The number of hydrogen-bond acceptors (Lipinski definition) is 2. The molecule has 0 N–H and O–H groups in total. The molecule has 0 saturated carbocycles. The summed E-state index contributed by atoms with van der Waals surface area (Å²) in [5, 5.41) is 0. The first kappa shape index (κ1) is 15.0. The van der Waals surface area contributed by atoms with Gasteiger partial charge in [-0.3, -0.25) is 0 Å². The SMILES string of the molecule is CCc1ccc(OCc2c(C)cccc2SC)c(C)c1. The zero-order chi connectivity index (χ0) is 14.5. The van der Waals surface area contributed by atoms with Crippen molar-refractivity contribution in [1.29, 1.82) is 0 Å². The first-order valence-electron chi connectivity index (χ1n) is 7.00. The molecule has 0 aliphatic carbocycles. The Morgan fingerprint density at radius 1 is 1.05 bits per heavy atom. The van der Waals surface area contributed by atoms with E-state index in [2.05, 4.69) is 63.4 Å². The van der Waals surface area contributed by atoms with Crippen LogP contribution in [-0.2, 0) is 13.0 Å². The van der Waals surface area contributed by atoms with Gasteiger partial charge >= 0.3 is 0 Å². The minimum absolute atomic E-state index is 0.634. The topological polar surface area (TPSA) is 9.23 Å². The predicted molar refractivity (Wildman–Crippen MR) is 87.8 cm³/mol. The average molecular weight is 286 g/mol. The first-order chi connectivity index (χ1) is 9.65. The van der Waals surface area contributed by atoms with E-state index in [0.29, 0.717) is 6.61 Å². The lowest BCUT2D eigenvalue weighted by Crippen LogP contribution is -2.01. The fourth-order valence-corrected chi connectivity index (χ4v) is 2.98. The Balaban J connectivity index is 2.17. The van der Waals surface area contributed by atoms with E-state index in [4.69, 9.17) is 4.74 Å². The Kier molecular flexibility index (Phi) is 5.13. The minimum atomic E-state index is 0.634. The van der Waals surface area contributed by atoms with E-state index >= 15 is 0 Å². The molecule has 2 aromatic carbocycles. The van der Waals surface area contributed by atoms with Gasteiger partial charge in [0.15, 0.2) is 0 Å². The molecule has 0 radical (unpaired) electrons. The van der Waals surface area contributed by atoms with Crippen molar-refractivity contribution < 1.29 is 4.74 Å². The second kappa shape index (κ2) is 6.85. The number of rotatable bonds is 5. The van der Waals surface area contributed by atoms with Gasteiger partial charge in [-0.25, -0.2) is 0 Å². The quantitative estimate of drug-likeness (QED) is 0.701. The molecule has 0 unspecified atom stereocenters. The van der Waals surface area contributed by atoms with Crippen LogP contribution >= 0.6 is 11.8 Å². The Morgan fingerprint density at radius 3 is 2.50 bits per heavy atom. The van der Waals surface area contributed by atoms with Gasteiger partial charge in [0.2, 0.25) is 0 Å². The molecule has 0 aromatic heterocycles. The van der Waals surface area contributed by atoms with Crippen molar-refractivity contribution in [2.24, 2.45) is 0 Å². The normalized spacial score (nSPS) is 10.6. The van der Waals surface area contributed by atoms with Gasteiger partial charge in [0.1, 0.15) is 12.4 Å². The molecule has 0 aliphatic heterocycles. The molecule has 0 fully saturated rings. The molecule has 0 saturated heterocycles. The second-order valence-electron chi connectivity index (χ2n) is 5.00. The highest BCUT2D eigenvalue weighted by atomic mass is 32.2. The summed E-state index contributed by atoms with van der Waals surface area (Å²) in [6.07, 6.45) is 3.18. The van der Waals surface area contributed by atoms with Gasteiger partial charge in [-0.15, -0.1) is 11.8 Å². The van der Waals surface area contributed by atoms with Crippen LogP contribution < -0.4 is 4.74 Å². The highest BCUT2D eigenvalue weighted by Gasteiger charge is 2.07. The van der Waals surface area contributed by atoms with Gasteiger partial charge in [0.05, 0.1) is 0 Å². The Morgan fingerprint density at radius 2 is 1.85 bits per heavy atom. The van der Waals surface area contributed by atoms with Gasteiger partial charge in [-0.1, -0.05) is 31.2 Å². The summed E-state index contributed by atoms with van der Waals surface area (Å²) in [5.74, 6) is 0.984. The van der Waals surface area contributed by atoms with Gasteiger partial charge in [-0.2, -0.15) is 0 Å². The van der Waals surface area contributed by atoms with Crippen LogP contribution in [0.2, 0.25) is 0 Å². The third kappa shape index (κ3) is 3.37. The van der Waals surface area contributed by atoms with Crippen LogP contribution in [-0.4, -0.2) is 6.26 Å². The van der Waals surface area contributed by atoms with Gasteiger partial charge in [-0.05, 0) is 55.3 Å². The maximum absolute atomic E-state index is 6.03. The summed E-state index contributed by atoms with van der Waals surface area (Å²) in [6.45, 7) is 7.07. The first-order valence-corrected chi connectivity index (χ1v) is 8.23. The number of benzene rings is 2. The van der Waals surface area contributed by atoms with Crippen LogP contribution in [0.25, 0.3) is 0 Å². The molecule has 0 heterocycles. The maximum atomic E-state index is 6.03. The molecular weight excluding hydrogens is 264 g/mol. The molecule has 1 nitrogen and oxygen atoms in total. The van der Waals surface area contributed by atoms with Crippen LogP contribution in [0.15, 0.2) is 41.3 Å². The second-order valence-corrected chi connectivity index (χ2v) is 5.85. The number of aryl methyl sites for hydroxylation is 3. The molecular formula is C18H22OS. The predicted octanol–water partition coefficient (Wildman–Crippen LogP) is 5.17. The van der Waals surface area contributed by atoms with Crippen LogP contribution in [0.1, 0.15) is 29.2 Å². The standard InChI is InChI=1S/C18H22OS/c1-5-15-9-10-17(14(3)11-15)19-12-16-13(2)7-6-8-18(16)20-4/h6-11H,5,12H2,1-4H3. The zero-order valence-electron chi connectivity index (χ0n) is 12.7. The van der Waals surface area contributed by atoms with Crippen molar-refractivity contribution in [3.8, 4) is 5.75 Å². The third-order valence-corrected chi connectivity index (χ3v) is 4.43. The fourth-order valence-electron chi connectivity index (χ4n) is 2.29. The van der Waals surface area contributed by atoms with E-state index in [1.54, 1.807) is 11.8 Å². The van der Waals surface area contributed by atoms with Crippen molar-refractivity contribution in [2.75, 3.05) is 6.26 Å². The van der Waals surface area contributed by atoms with Crippen molar-refractivity contribution >= 4 is 11.8 Å². The van der Waals surface area contributed by atoms with E-state index in [0.717, 1.165) is 12.2 Å². The molecule has 0 aliphatic rings. The van der Waals surface area contributed by atoms with Crippen LogP contribution in [0.5, 0.6) is 5.75 Å². The van der Waals surface area contributed by atoms with E-state index in [1.165, 1.54) is 27.1 Å². The molecule has 0 bridgehead atoms. The summed E-state index contributed by atoms with van der Waals surface area (Å²) in [7, 11) is 0. The van der Waals surface area contributed by atoms with Crippen molar-refractivity contribution in [3.63, 3.8) is 0 Å². The molecule has 0 atom stereocenters. The molecule has 2 heteroatoms. The number of thioether (sulfide) groups is 1. The fraction of sp³-hybridized carbons (Fsp3) is 0.333. The Hall–Kier alpha value is -1.41. The maximum Gasteiger partial charge on any atom is 0.122 e. The summed E-state index contributed by atoms with van der Waals surface area (Å²) in [6, 6.07) is 12.9. The average Bonchev–Trinajstić information content (AvgIpc) is 2.46. The van der Waals surface area contributed by atoms with Crippen molar-refractivity contribution in [1.82, 2.24) is 0 Å². The van der Waals surface area contributed by atoms with Crippen molar-refractivity contribution in [2.45, 2.75) is 38.7 Å². The molecule has 0 spiro atoms. The van der Waals surface area contributed by atoms with Crippen LogP contribution in [0.3, 0.4) is 0 Å². The Bertz CT molecular complexity index is 590. The summed E-state index contributed by atoms with van der Waals surface area (Å²) in [5.41, 5.74) is 5.15. The van der Waals surface area contributed by atoms with Crippen LogP contribution in [0, 0.1) is 13.8 Å². The van der Waals surface area contributed by atoms with Gasteiger partial charge < -0.3 is 4.74 Å². The van der Waals surface area contributed by atoms with E-state index in [9.17, 15) is 0 Å². The number of ether oxygens (including phenoxy) is 1. The van der Waals surface area contributed by atoms with Gasteiger partial charge in [0.25, 0.3) is 0 Å². The number of hydrogen-bond donors (Lipinski definition) is 0. The lowest BCUT2D eigenvalue weighted by Gasteiger charge is -2.14. The molecule has 2 aromatic rings. The Labute approximate surface area is 126 Å². The van der Waals surface area contributed by atoms with Crippen LogP contribution in [0.4, 0.5) is 0 Å². The monoisotopic (exact) mass is 286 g/mol. The molecule has 2 rings (SSSR count). The van der Waals surface area contributed by atoms with E-state index in [-0.39, 0.29) is 0 Å². The molecule has 0 amide bonds. The van der Waals surface area contributed by atoms with E-state index in [1.807, 2.05) is 0 Å². The summed E-state index contributed by atoms with van der Waals surface area (Å²) < 4.78 is 6.03. The third-order valence-electron chi connectivity index (χ3n) is 3.61. The molecule has 106 valence electrons. The van der Waals surface area contributed by atoms with Gasteiger partial charge in [0, 0.05) is 10.5 Å². The molecule has 20 heavy (non-hydrogen) atoms. The summed E-state index contributed by atoms with van der Waals surface area (Å²) >= 11 is 1.77. The largest absolute Gasteiger partial charge is 0.489 e. The van der Waals surface area contributed by atoms with Crippen molar-refractivity contribution in [3.05, 3.63) is 58.7 Å². The lowest BCUT2D eigenvalue weighted by molar-refractivity contribution is 0.300. The smallest absolute Gasteiger partial charge is 0.122 e. The summed E-state index contributed by atoms with van der Waals surface area (Å²) in [4.78, 5) is 1.30. The lowest BCUT2D eigenvalue weighted by atomic mass is 10.1. The van der Waals surface area contributed by atoms with E-state index < -0.39 is 0 Å².